The number of amides is 1. The van der Waals surface area contributed by atoms with Gasteiger partial charge in [-0.15, -0.1) is 0 Å². The molecule has 3 heteroatoms. The van der Waals surface area contributed by atoms with Crippen LogP contribution in [0.15, 0.2) is 12.2 Å². The fourth-order valence-electron chi connectivity index (χ4n) is 1.46. The van der Waals surface area contributed by atoms with E-state index >= 15 is 0 Å². The first kappa shape index (κ1) is 11.1. The number of nitrogens with zero attached hydrogens (tertiary/aromatic N) is 1. The van der Waals surface area contributed by atoms with Crippen LogP contribution in [0.25, 0.3) is 0 Å². The minimum Gasteiger partial charge on any atom is -0.444 e. The fourth-order valence-corrected chi connectivity index (χ4v) is 1.46. The van der Waals surface area contributed by atoms with Crippen LogP contribution in [-0.4, -0.2) is 29.2 Å². The third-order valence-corrected chi connectivity index (χ3v) is 2.11. The first-order chi connectivity index (χ1) is 6.44. The van der Waals surface area contributed by atoms with Gasteiger partial charge in [-0.2, -0.15) is 0 Å². The highest BCUT2D eigenvalue weighted by Gasteiger charge is 2.27. The Morgan fingerprint density at radius 2 is 2.21 bits per heavy atom. The third kappa shape index (κ3) is 2.76. The van der Waals surface area contributed by atoms with Gasteiger partial charge in [-0.05, 0) is 27.2 Å². The predicted octanol–water partition coefficient (Wildman–Crippen LogP) is 2.57. The number of hydrogen-bond donors (Lipinski definition) is 0. The van der Waals surface area contributed by atoms with Gasteiger partial charge in [0.2, 0.25) is 0 Å². The zero-order valence-electron chi connectivity index (χ0n) is 9.41. The fraction of sp³-hybridized carbons (Fsp3) is 0.727. The molecule has 1 amide bonds. The normalized spacial score (nSPS) is 21.4. The largest absolute Gasteiger partial charge is 0.444 e. The van der Waals surface area contributed by atoms with Crippen molar-refractivity contribution in [1.82, 2.24) is 4.90 Å². The second-order valence-electron chi connectivity index (χ2n) is 4.54. The summed E-state index contributed by atoms with van der Waals surface area (Å²) in [5, 5.41) is 0. The first-order valence-corrected chi connectivity index (χ1v) is 5.10. The molecule has 80 valence electrons. The van der Waals surface area contributed by atoms with Crippen molar-refractivity contribution in [2.45, 2.75) is 45.8 Å². The standard InChI is InChI=1S/C11H19NO2/c1-5-9-7-6-8-12(9)10(13)14-11(2,3)4/h6-7,9H,5,8H2,1-4H3/t9-/m1/s1. The van der Waals surface area contributed by atoms with Crippen molar-refractivity contribution < 1.29 is 9.53 Å². The van der Waals surface area contributed by atoms with E-state index in [4.69, 9.17) is 4.74 Å². The van der Waals surface area contributed by atoms with Crippen LogP contribution < -0.4 is 0 Å². The first-order valence-electron chi connectivity index (χ1n) is 5.10. The maximum Gasteiger partial charge on any atom is 0.411 e. The average molecular weight is 197 g/mol. The molecule has 1 atom stereocenters. The number of hydrogen-bond acceptors (Lipinski definition) is 2. The quantitative estimate of drug-likeness (QED) is 0.605. The molecule has 0 N–H and O–H groups in total. The van der Waals surface area contributed by atoms with Crippen molar-refractivity contribution in [3.05, 3.63) is 12.2 Å². The van der Waals surface area contributed by atoms with Crippen LogP contribution in [0.1, 0.15) is 34.1 Å². The lowest BCUT2D eigenvalue weighted by atomic mass is 10.2. The molecule has 0 spiro atoms. The van der Waals surface area contributed by atoms with E-state index in [0.29, 0.717) is 6.54 Å². The van der Waals surface area contributed by atoms with Crippen LogP contribution in [0, 0.1) is 0 Å². The Bertz CT molecular complexity index is 240. The zero-order valence-corrected chi connectivity index (χ0v) is 9.41. The van der Waals surface area contributed by atoms with Crippen LogP contribution in [0.3, 0.4) is 0 Å². The van der Waals surface area contributed by atoms with E-state index in [-0.39, 0.29) is 12.1 Å². The Balaban J connectivity index is 2.54. The van der Waals surface area contributed by atoms with Crippen molar-refractivity contribution in [1.29, 1.82) is 0 Å². The lowest BCUT2D eigenvalue weighted by Gasteiger charge is -2.27. The van der Waals surface area contributed by atoms with Crippen LogP contribution in [0.2, 0.25) is 0 Å². The maximum atomic E-state index is 11.7. The van der Waals surface area contributed by atoms with E-state index < -0.39 is 5.60 Å². The van der Waals surface area contributed by atoms with Gasteiger partial charge >= 0.3 is 6.09 Å². The van der Waals surface area contributed by atoms with E-state index in [2.05, 4.69) is 13.0 Å². The molecule has 0 aliphatic carbocycles. The molecule has 1 rings (SSSR count). The van der Waals surface area contributed by atoms with E-state index in [1.807, 2.05) is 26.8 Å². The van der Waals surface area contributed by atoms with Gasteiger partial charge in [-0.1, -0.05) is 19.1 Å². The summed E-state index contributed by atoms with van der Waals surface area (Å²) in [6.07, 6.45) is 4.80. The van der Waals surface area contributed by atoms with Gasteiger partial charge in [0.15, 0.2) is 0 Å². The van der Waals surface area contributed by atoms with Crippen molar-refractivity contribution in [2.75, 3.05) is 6.54 Å². The summed E-state index contributed by atoms with van der Waals surface area (Å²) < 4.78 is 5.30. The number of carbonyl (C=O) groups excluding carboxylic acids is 1. The van der Waals surface area contributed by atoms with Gasteiger partial charge < -0.3 is 4.74 Å². The van der Waals surface area contributed by atoms with Gasteiger partial charge in [0, 0.05) is 6.54 Å². The summed E-state index contributed by atoms with van der Waals surface area (Å²) >= 11 is 0. The lowest BCUT2D eigenvalue weighted by molar-refractivity contribution is 0.0240. The highest BCUT2D eigenvalue weighted by atomic mass is 16.6. The molecule has 0 bridgehead atoms. The Kier molecular flexibility index (Phi) is 3.19. The molecule has 3 nitrogen and oxygen atoms in total. The predicted molar refractivity (Wildman–Crippen MR) is 56.2 cm³/mol. The summed E-state index contributed by atoms with van der Waals surface area (Å²) in [6, 6.07) is 0.213. The highest BCUT2D eigenvalue weighted by molar-refractivity contribution is 5.69. The van der Waals surface area contributed by atoms with E-state index in [9.17, 15) is 4.79 Å². The molecule has 14 heavy (non-hydrogen) atoms. The molecule has 0 saturated heterocycles. The molecule has 0 saturated carbocycles. The molecule has 1 aliphatic heterocycles. The zero-order chi connectivity index (χ0) is 10.8. The van der Waals surface area contributed by atoms with Crippen molar-refractivity contribution >= 4 is 6.09 Å². The van der Waals surface area contributed by atoms with Crippen molar-refractivity contribution in [3.8, 4) is 0 Å². The summed E-state index contributed by atoms with van der Waals surface area (Å²) in [6.45, 7) is 8.39. The molecular weight excluding hydrogens is 178 g/mol. The smallest absolute Gasteiger partial charge is 0.411 e. The van der Waals surface area contributed by atoms with Crippen LogP contribution in [-0.2, 0) is 4.74 Å². The van der Waals surface area contributed by atoms with E-state index in [1.165, 1.54) is 0 Å². The lowest BCUT2D eigenvalue weighted by Crippen LogP contribution is -2.39. The average Bonchev–Trinajstić information content (AvgIpc) is 2.47. The SMILES string of the molecule is CC[C@@H]1C=CCN1C(=O)OC(C)(C)C. The van der Waals surface area contributed by atoms with Gasteiger partial charge in [0.1, 0.15) is 5.60 Å². The van der Waals surface area contributed by atoms with Gasteiger partial charge in [-0.3, -0.25) is 4.90 Å². The summed E-state index contributed by atoms with van der Waals surface area (Å²) in [7, 11) is 0. The maximum absolute atomic E-state index is 11.7. The number of ether oxygens (including phenoxy) is 1. The van der Waals surface area contributed by atoms with E-state index in [0.717, 1.165) is 6.42 Å². The minimum absolute atomic E-state index is 0.213. The Morgan fingerprint density at radius 3 is 2.71 bits per heavy atom. The summed E-state index contributed by atoms with van der Waals surface area (Å²) in [5.74, 6) is 0. The topological polar surface area (TPSA) is 29.5 Å². The van der Waals surface area contributed by atoms with Crippen molar-refractivity contribution in [3.63, 3.8) is 0 Å². The highest BCUT2D eigenvalue weighted by Crippen LogP contribution is 2.17. The minimum atomic E-state index is -0.405. The Labute approximate surface area is 85.7 Å². The van der Waals surface area contributed by atoms with Crippen LogP contribution in [0.5, 0.6) is 0 Å². The van der Waals surface area contributed by atoms with Crippen molar-refractivity contribution in [2.24, 2.45) is 0 Å². The van der Waals surface area contributed by atoms with Gasteiger partial charge in [0.05, 0.1) is 6.04 Å². The number of carbonyl (C=O) groups is 1. The molecule has 0 aromatic heterocycles. The molecule has 1 heterocycles. The second kappa shape index (κ2) is 4.03. The molecule has 0 aromatic rings. The van der Waals surface area contributed by atoms with Crippen LogP contribution in [0.4, 0.5) is 4.79 Å². The molecule has 0 fully saturated rings. The van der Waals surface area contributed by atoms with E-state index in [1.54, 1.807) is 4.90 Å². The summed E-state index contributed by atoms with van der Waals surface area (Å²) in [4.78, 5) is 13.4. The number of rotatable bonds is 1. The monoisotopic (exact) mass is 197 g/mol. The van der Waals surface area contributed by atoms with Gasteiger partial charge in [0.25, 0.3) is 0 Å². The van der Waals surface area contributed by atoms with Crippen LogP contribution >= 0.6 is 0 Å². The molecule has 0 unspecified atom stereocenters. The van der Waals surface area contributed by atoms with Gasteiger partial charge in [-0.25, -0.2) is 4.79 Å². The molecule has 1 aliphatic rings. The Morgan fingerprint density at radius 1 is 1.57 bits per heavy atom. The third-order valence-electron chi connectivity index (χ3n) is 2.11. The summed E-state index contributed by atoms with van der Waals surface area (Å²) in [5.41, 5.74) is -0.405. The molecular formula is C11H19NO2. The Hall–Kier alpha value is -0.990. The second-order valence-corrected chi connectivity index (χ2v) is 4.54. The molecule has 0 radical (unpaired) electrons. The molecule has 0 aromatic carbocycles.